The molecule has 3 aromatic rings. The van der Waals surface area contributed by atoms with Crippen molar-refractivity contribution in [1.29, 1.82) is 0 Å². The van der Waals surface area contributed by atoms with Crippen molar-refractivity contribution in [2.75, 3.05) is 43.1 Å². The number of ether oxygens (including phenoxy) is 1. The van der Waals surface area contributed by atoms with Crippen LogP contribution in [0.4, 0.5) is 11.6 Å². The highest BCUT2D eigenvalue weighted by Gasteiger charge is 2.20. The summed E-state index contributed by atoms with van der Waals surface area (Å²) in [6, 6.07) is 16.9. The molecule has 6 nitrogen and oxygen atoms in total. The number of rotatable bonds is 4. The zero-order valence-corrected chi connectivity index (χ0v) is 16.3. The van der Waals surface area contributed by atoms with Gasteiger partial charge in [0.05, 0.1) is 12.8 Å². The molecule has 0 aliphatic carbocycles. The minimum atomic E-state index is -0.159. The number of hydrogen-bond donors (Lipinski definition) is 1. The Balaban J connectivity index is 1.52. The fourth-order valence-corrected chi connectivity index (χ4v) is 3.54. The molecule has 2 heterocycles. The summed E-state index contributed by atoms with van der Waals surface area (Å²) in [7, 11) is 1.63. The third kappa shape index (κ3) is 3.97. The van der Waals surface area contributed by atoms with Gasteiger partial charge in [0.25, 0.3) is 5.56 Å². The van der Waals surface area contributed by atoms with Gasteiger partial charge in [-0.15, -0.1) is 0 Å². The topological polar surface area (TPSA) is 61.5 Å². The van der Waals surface area contributed by atoms with Crippen LogP contribution >= 0.6 is 11.6 Å². The monoisotopic (exact) mass is 396 g/mol. The van der Waals surface area contributed by atoms with Crippen LogP contribution in [0.1, 0.15) is 0 Å². The first kappa shape index (κ1) is 18.4. The van der Waals surface area contributed by atoms with Gasteiger partial charge in [0.1, 0.15) is 5.75 Å². The fraction of sp³-hybridized carbons (Fsp3) is 0.238. The predicted octanol–water partition coefficient (Wildman–Crippen LogP) is 3.43. The second-order valence-electron chi connectivity index (χ2n) is 6.64. The summed E-state index contributed by atoms with van der Waals surface area (Å²) < 4.78 is 5.19. The first-order chi connectivity index (χ1) is 13.6. The molecule has 2 aromatic carbocycles. The van der Waals surface area contributed by atoms with E-state index in [1.807, 2.05) is 42.5 Å². The minimum Gasteiger partial charge on any atom is -0.497 e. The minimum absolute atomic E-state index is 0.159. The zero-order valence-electron chi connectivity index (χ0n) is 15.6. The maximum Gasteiger partial charge on any atom is 0.252 e. The lowest BCUT2D eigenvalue weighted by atomic mass is 10.1. The third-order valence-corrected chi connectivity index (χ3v) is 5.10. The van der Waals surface area contributed by atoms with Gasteiger partial charge in [0.15, 0.2) is 0 Å². The van der Waals surface area contributed by atoms with Gasteiger partial charge in [-0.05, 0) is 42.5 Å². The number of aromatic amines is 1. The highest BCUT2D eigenvalue weighted by molar-refractivity contribution is 6.30. The fourth-order valence-electron chi connectivity index (χ4n) is 3.35. The number of hydrogen-bond acceptors (Lipinski definition) is 5. The van der Waals surface area contributed by atoms with E-state index in [0.29, 0.717) is 11.6 Å². The van der Waals surface area contributed by atoms with Crippen LogP contribution in [0, 0.1) is 0 Å². The van der Waals surface area contributed by atoms with Crippen molar-refractivity contribution in [2.45, 2.75) is 0 Å². The summed E-state index contributed by atoms with van der Waals surface area (Å²) in [5.74, 6) is 1.37. The molecule has 144 valence electrons. The Hall–Kier alpha value is -2.99. The molecule has 0 spiro atoms. The normalized spacial score (nSPS) is 14.2. The lowest BCUT2D eigenvalue weighted by Gasteiger charge is -2.36. The van der Waals surface area contributed by atoms with Gasteiger partial charge in [-0.1, -0.05) is 17.7 Å². The van der Waals surface area contributed by atoms with Crippen LogP contribution in [0.25, 0.3) is 11.3 Å². The lowest BCUT2D eigenvalue weighted by molar-refractivity contribution is 0.415. The Labute approximate surface area is 168 Å². The summed E-state index contributed by atoms with van der Waals surface area (Å²) in [4.78, 5) is 24.1. The quantitative estimate of drug-likeness (QED) is 0.732. The highest BCUT2D eigenvalue weighted by atomic mass is 35.5. The number of piperazine rings is 1. The molecule has 1 aliphatic heterocycles. The summed E-state index contributed by atoms with van der Waals surface area (Å²) in [6.07, 6.45) is 0. The summed E-state index contributed by atoms with van der Waals surface area (Å²) in [5.41, 5.74) is 2.48. The van der Waals surface area contributed by atoms with Gasteiger partial charge >= 0.3 is 0 Å². The van der Waals surface area contributed by atoms with Gasteiger partial charge in [-0.2, -0.15) is 0 Å². The summed E-state index contributed by atoms with van der Waals surface area (Å²) in [5, 5.41) is 0.734. The largest absolute Gasteiger partial charge is 0.497 e. The van der Waals surface area contributed by atoms with Crippen LogP contribution < -0.4 is 20.1 Å². The van der Waals surface area contributed by atoms with E-state index in [0.717, 1.165) is 48.2 Å². The Bertz CT molecular complexity index is 1010. The second kappa shape index (κ2) is 7.94. The molecule has 7 heteroatoms. The van der Waals surface area contributed by atoms with Crippen molar-refractivity contribution in [3.05, 3.63) is 70.0 Å². The molecule has 0 saturated carbocycles. The Morgan fingerprint density at radius 3 is 2.39 bits per heavy atom. The molecule has 0 atom stereocenters. The number of nitrogens with one attached hydrogen (secondary N) is 1. The van der Waals surface area contributed by atoms with E-state index in [4.69, 9.17) is 16.3 Å². The van der Waals surface area contributed by atoms with Crippen LogP contribution in [0.2, 0.25) is 5.02 Å². The van der Waals surface area contributed by atoms with Gasteiger partial charge in [-0.3, -0.25) is 9.78 Å². The molecule has 1 aromatic heterocycles. The summed E-state index contributed by atoms with van der Waals surface area (Å²) >= 11 is 6.11. The average Bonchev–Trinajstić information content (AvgIpc) is 2.73. The number of aromatic nitrogens is 2. The first-order valence-electron chi connectivity index (χ1n) is 9.13. The molecule has 0 radical (unpaired) electrons. The van der Waals surface area contributed by atoms with E-state index in [-0.39, 0.29) is 5.56 Å². The van der Waals surface area contributed by atoms with Crippen LogP contribution in [0.3, 0.4) is 0 Å². The third-order valence-electron chi connectivity index (χ3n) is 4.87. The van der Waals surface area contributed by atoms with Crippen LogP contribution in [0.5, 0.6) is 5.75 Å². The number of H-pyrrole nitrogens is 1. The van der Waals surface area contributed by atoms with Gasteiger partial charge in [0, 0.05) is 48.5 Å². The number of nitrogens with zero attached hydrogens (tertiary/aromatic N) is 3. The number of anilines is 2. The Kier molecular flexibility index (Phi) is 5.21. The second-order valence-corrected chi connectivity index (χ2v) is 7.07. The Morgan fingerprint density at radius 2 is 1.71 bits per heavy atom. The maximum atomic E-state index is 12.2. The smallest absolute Gasteiger partial charge is 0.252 e. The molecular formula is C21H21ClN4O2. The summed E-state index contributed by atoms with van der Waals surface area (Å²) in [6.45, 7) is 3.19. The average molecular weight is 397 g/mol. The van der Waals surface area contributed by atoms with Crippen molar-refractivity contribution in [3.63, 3.8) is 0 Å². The van der Waals surface area contributed by atoms with Crippen LogP contribution in [-0.2, 0) is 0 Å². The molecular weight excluding hydrogens is 376 g/mol. The van der Waals surface area contributed by atoms with E-state index in [1.165, 1.54) is 6.07 Å². The number of halogens is 1. The van der Waals surface area contributed by atoms with Crippen molar-refractivity contribution in [2.24, 2.45) is 0 Å². The molecule has 1 fully saturated rings. The van der Waals surface area contributed by atoms with Crippen molar-refractivity contribution < 1.29 is 4.74 Å². The lowest BCUT2D eigenvalue weighted by Crippen LogP contribution is -2.47. The molecule has 1 saturated heterocycles. The van der Waals surface area contributed by atoms with E-state index in [1.54, 1.807) is 7.11 Å². The van der Waals surface area contributed by atoms with E-state index in [2.05, 4.69) is 25.8 Å². The zero-order chi connectivity index (χ0) is 19.5. The molecule has 28 heavy (non-hydrogen) atoms. The molecule has 4 rings (SSSR count). The van der Waals surface area contributed by atoms with E-state index >= 15 is 0 Å². The molecule has 0 unspecified atom stereocenters. The number of methoxy groups -OCH3 is 1. The van der Waals surface area contributed by atoms with E-state index < -0.39 is 0 Å². The molecule has 0 amide bonds. The molecule has 0 bridgehead atoms. The van der Waals surface area contributed by atoms with Gasteiger partial charge in [-0.25, -0.2) is 4.98 Å². The first-order valence-corrected chi connectivity index (χ1v) is 9.51. The van der Waals surface area contributed by atoms with Crippen molar-refractivity contribution in [1.82, 2.24) is 9.97 Å². The SMILES string of the molecule is COc1ccc(-c2cc(=O)[nH]c(N3CCN(c4cccc(Cl)c4)CC3)n2)cc1. The number of benzene rings is 2. The van der Waals surface area contributed by atoms with E-state index in [9.17, 15) is 4.79 Å². The van der Waals surface area contributed by atoms with Crippen molar-refractivity contribution in [3.8, 4) is 17.0 Å². The molecule has 1 N–H and O–H groups in total. The Morgan fingerprint density at radius 1 is 1.00 bits per heavy atom. The molecule has 1 aliphatic rings. The maximum absolute atomic E-state index is 12.2. The van der Waals surface area contributed by atoms with Gasteiger partial charge in [0.2, 0.25) is 5.95 Å². The predicted molar refractivity (Wildman–Crippen MR) is 113 cm³/mol. The van der Waals surface area contributed by atoms with Crippen molar-refractivity contribution >= 4 is 23.2 Å². The standard InChI is InChI=1S/C21H21ClN4O2/c1-28-18-7-5-15(6-8-18)19-14-20(27)24-21(23-19)26-11-9-25(10-12-26)17-4-2-3-16(22)13-17/h2-8,13-14H,9-12H2,1H3,(H,23,24,27). The van der Waals surface area contributed by atoms with Crippen LogP contribution in [-0.4, -0.2) is 43.3 Å². The van der Waals surface area contributed by atoms with Crippen LogP contribution in [0.15, 0.2) is 59.4 Å². The van der Waals surface area contributed by atoms with Gasteiger partial charge < -0.3 is 14.5 Å². The highest BCUT2D eigenvalue weighted by Crippen LogP contribution is 2.23.